The van der Waals surface area contributed by atoms with Crippen LogP contribution in [0.3, 0.4) is 0 Å². The van der Waals surface area contributed by atoms with Crippen molar-refractivity contribution in [1.82, 2.24) is 10.2 Å². The summed E-state index contributed by atoms with van der Waals surface area (Å²) in [6, 6.07) is 7.38. The molecule has 1 aromatic carbocycles. The average molecular weight is 345 g/mol. The molecule has 3 rings (SSSR count). The van der Waals surface area contributed by atoms with Crippen molar-refractivity contribution in [2.75, 3.05) is 37.7 Å². The largest absolute Gasteiger partial charge is 0.492 e. The molecule has 134 valence electrons. The van der Waals surface area contributed by atoms with E-state index in [1.165, 1.54) is 0 Å². The number of hydrogen-bond donors (Lipinski definition) is 1. The maximum absolute atomic E-state index is 12.8. The van der Waals surface area contributed by atoms with Crippen LogP contribution in [0.5, 0.6) is 5.75 Å². The molecule has 0 aliphatic carbocycles. The van der Waals surface area contributed by atoms with Gasteiger partial charge in [0.1, 0.15) is 5.75 Å². The zero-order valence-electron chi connectivity index (χ0n) is 14.4. The highest BCUT2D eigenvalue weighted by Crippen LogP contribution is 2.33. The summed E-state index contributed by atoms with van der Waals surface area (Å²) < 4.78 is 5.60. The Morgan fingerprint density at radius 1 is 1.28 bits per heavy atom. The van der Waals surface area contributed by atoms with Crippen molar-refractivity contribution in [2.24, 2.45) is 5.92 Å². The van der Waals surface area contributed by atoms with E-state index in [9.17, 15) is 14.4 Å². The number of carbonyl (C=O) groups is 3. The van der Waals surface area contributed by atoms with Crippen molar-refractivity contribution in [3.05, 3.63) is 24.3 Å². The van der Waals surface area contributed by atoms with Gasteiger partial charge in [0.15, 0.2) is 0 Å². The lowest BCUT2D eigenvalue weighted by Crippen LogP contribution is -2.39. The molecule has 2 aliphatic heterocycles. The molecule has 1 atom stereocenters. The van der Waals surface area contributed by atoms with E-state index in [4.69, 9.17) is 4.74 Å². The Bertz CT molecular complexity index is 676. The quantitative estimate of drug-likeness (QED) is 0.875. The monoisotopic (exact) mass is 345 g/mol. The van der Waals surface area contributed by atoms with E-state index >= 15 is 0 Å². The van der Waals surface area contributed by atoms with Crippen molar-refractivity contribution >= 4 is 23.4 Å². The first-order chi connectivity index (χ1) is 12.1. The Morgan fingerprint density at radius 3 is 2.88 bits per heavy atom. The standard InChI is InChI=1S/C18H23N3O4/c1-2-25-15-6-4-3-5-14(15)21-12-13(11-17(21)23)18(24)20-9-7-16(22)19-8-10-20/h3-6,13H,2,7-12H2,1H3,(H,19,22)/t13-/m0/s1. The summed E-state index contributed by atoms with van der Waals surface area (Å²) in [6.45, 7) is 4.11. The smallest absolute Gasteiger partial charge is 0.228 e. The summed E-state index contributed by atoms with van der Waals surface area (Å²) in [5.74, 6) is 0.104. The molecule has 1 aromatic rings. The molecule has 2 aliphatic rings. The molecule has 0 radical (unpaired) electrons. The molecule has 1 N–H and O–H groups in total. The number of amides is 3. The van der Waals surface area contributed by atoms with E-state index in [0.717, 1.165) is 0 Å². The Labute approximate surface area is 146 Å². The van der Waals surface area contributed by atoms with Gasteiger partial charge in [-0.25, -0.2) is 0 Å². The van der Waals surface area contributed by atoms with Crippen molar-refractivity contribution < 1.29 is 19.1 Å². The molecule has 0 spiro atoms. The Hall–Kier alpha value is -2.57. The third kappa shape index (κ3) is 3.75. The van der Waals surface area contributed by atoms with E-state index in [1.807, 2.05) is 31.2 Å². The van der Waals surface area contributed by atoms with Gasteiger partial charge in [-0.3, -0.25) is 14.4 Å². The predicted molar refractivity (Wildman–Crippen MR) is 92.3 cm³/mol. The molecule has 7 nitrogen and oxygen atoms in total. The molecule has 25 heavy (non-hydrogen) atoms. The van der Waals surface area contributed by atoms with E-state index in [1.54, 1.807) is 9.80 Å². The van der Waals surface area contributed by atoms with Crippen LogP contribution in [-0.4, -0.2) is 55.4 Å². The molecule has 0 bridgehead atoms. The van der Waals surface area contributed by atoms with Gasteiger partial charge in [-0.1, -0.05) is 12.1 Å². The normalized spacial score (nSPS) is 21.1. The van der Waals surface area contributed by atoms with Crippen LogP contribution in [0, 0.1) is 5.92 Å². The number of rotatable bonds is 4. The van der Waals surface area contributed by atoms with Crippen molar-refractivity contribution in [3.8, 4) is 5.75 Å². The van der Waals surface area contributed by atoms with Crippen LogP contribution in [0.25, 0.3) is 0 Å². The molecule has 0 saturated carbocycles. The number of ether oxygens (including phenoxy) is 1. The minimum absolute atomic E-state index is 0.0370. The molecule has 0 unspecified atom stereocenters. The van der Waals surface area contributed by atoms with Gasteiger partial charge < -0.3 is 19.9 Å². The number of hydrogen-bond acceptors (Lipinski definition) is 4. The maximum atomic E-state index is 12.8. The third-order valence-electron chi connectivity index (χ3n) is 4.55. The first-order valence-electron chi connectivity index (χ1n) is 8.67. The minimum atomic E-state index is -0.379. The van der Waals surface area contributed by atoms with Crippen molar-refractivity contribution in [1.29, 1.82) is 0 Å². The van der Waals surface area contributed by atoms with Gasteiger partial charge in [0.05, 0.1) is 18.2 Å². The van der Waals surface area contributed by atoms with Gasteiger partial charge in [-0.2, -0.15) is 0 Å². The number of benzene rings is 1. The van der Waals surface area contributed by atoms with Gasteiger partial charge in [-0.05, 0) is 19.1 Å². The summed E-state index contributed by atoms with van der Waals surface area (Å²) in [7, 11) is 0. The molecular weight excluding hydrogens is 322 g/mol. The summed E-state index contributed by atoms with van der Waals surface area (Å²) in [5.41, 5.74) is 0.706. The van der Waals surface area contributed by atoms with Gasteiger partial charge in [0, 0.05) is 39.0 Å². The second-order valence-electron chi connectivity index (χ2n) is 6.23. The van der Waals surface area contributed by atoms with E-state index in [2.05, 4.69) is 5.32 Å². The topological polar surface area (TPSA) is 79.0 Å². The van der Waals surface area contributed by atoms with E-state index in [0.29, 0.717) is 50.6 Å². The minimum Gasteiger partial charge on any atom is -0.492 e. The number of carbonyl (C=O) groups excluding carboxylic acids is 3. The van der Waals surface area contributed by atoms with Crippen molar-refractivity contribution in [3.63, 3.8) is 0 Å². The molecule has 2 fully saturated rings. The summed E-state index contributed by atoms with van der Waals surface area (Å²) in [5, 5.41) is 2.76. The van der Waals surface area contributed by atoms with Crippen LogP contribution in [0.2, 0.25) is 0 Å². The van der Waals surface area contributed by atoms with Crippen LogP contribution in [0.4, 0.5) is 5.69 Å². The van der Waals surface area contributed by atoms with Crippen LogP contribution >= 0.6 is 0 Å². The van der Waals surface area contributed by atoms with Crippen LogP contribution < -0.4 is 15.0 Å². The highest BCUT2D eigenvalue weighted by atomic mass is 16.5. The van der Waals surface area contributed by atoms with Crippen LogP contribution in [0.1, 0.15) is 19.8 Å². The van der Waals surface area contributed by atoms with Crippen LogP contribution in [0.15, 0.2) is 24.3 Å². The highest BCUT2D eigenvalue weighted by Gasteiger charge is 2.38. The lowest BCUT2D eigenvalue weighted by Gasteiger charge is -2.24. The Morgan fingerprint density at radius 2 is 2.08 bits per heavy atom. The molecular formula is C18H23N3O4. The lowest BCUT2D eigenvalue weighted by molar-refractivity contribution is -0.135. The first kappa shape index (κ1) is 17.3. The fourth-order valence-electron chi connectivity index (χ4n) is 3.31. The van der Waals surface area contributed by atoms with Gasteiger partial charge >= 0.3 is 0 Å². The second kappa shape index (κ2) is 7.55. The van der Waals surface area contributed by atoms with E-state index < -0.39 is 0 Å². The zero-order valence-corrected chi connectivity index (χ0v) is 14.4. The van der Waals surface area contributed by atoms with Gasteiger partial charge in [-0.15, -0.1) is 0 Å². The number of para-hydroxylation sites is 2. The molecule has 0 aromatic heterocycles. The first-order valence-corrected chi connectivity index (χ1v) is 8.67. The molecule has 2 heterocycles. The number of nitrogens with one attached hydrogen (secondary N) is 1. The zero-order chi connectivity index (χ0) is 17.8. The Balaban J connectivity index is 1.72. The SMILES string of the molecule is CCOc1ccccc1N1C[C@@H](C(=O)N2CCNC(=O)CC2)CC1=O. The Kier molecular flexibility index (Phi) is 5.21. The highest BCUT2D eigenvalue weighted by molar-refractivity contribution is 6.01. The lowest BCUT2D eigenvalue weighted by atomic mass is 10.1. The summed E-state index contributed by atoms with van der Waals surface area (Å²) >= 11 is 0. The van der Waals surface area contributed by atoms with Crippen molar-refractivity contribution in [2.45, 2.75) is 19.8 Å². The molecule has 3 amide bonds. The molecule has 7 heteroatoms. The second-order valence-corrected chi connectivity index (χ2v) is 6.23. The average Bonchev–Trinajstić information content (AvgIpc) is 2.86. The fourth-order valence-corrected chi connectivity index (χ4v) is 3.31. The van der Waals surface area contributed by atoms with Gasteiger partial charge in [0.25, 0.3) is 0 Å². The molecule has 2 saturated heterocycles. The summed E-state index contributed by atoms with van der Waals surface area (Å²) in [4.78, 5) is 40.0. The predicted octanol–water partition coefficient (Wildman–Crippen LogP) is 0.787. The maximum Gasteiger partial charge on any atom is 0.228 e. The summed E-state index contributed by atoms with van der Waals surface area (Å²) in [6.07, 6.45) is 0.500. The van der Waals surface area contributed by atoms with Crippen LogP contribution in [-0.2, 0) is 14.4 Å². The third-order valence-corrected chi connectivity index (χ3v) is 4.55. The number of nitrogens with zero attached hydrogens (tertiary/aromatic N) is 2. The number of anilines is 1. The van der Waals surface area contributed by atoms with E-state index in [-0.39, 0.29) is 30.1 Å². The van der Waals surface area contributed by atoms with Gasteiger partial charge in [0.2, 0.25) is 17.7 Å². The fraction of sp³-hybridized carbons (Fsp3) is 0.500.